The summed E-state index contributed by atoms with van der Waals surface area (Å²) in [6, 6.07) is 0. The summed E-state index contributed by atoms with van der Waals surface area (Å²) in [7, 11) is -4.28. The fourth-order valence-electron chi connectivity index (χ4n) is 5.34. The molecule has 0 saturated heterocycles. The maximum Gasteiger partial charge on any atom is 0.472 e. The molecule has 0 heterocycles. The lowest BCUT2D eigenvalue weighted by Crippen LogP contribution is -2.29. The third-order valence-corrected chi connectivity index (χ3v) is 9.42. The number of rotatable bonds is 37. The molecule has 2 atom stereocenters. The van der Waals surface area contributed by atoms with E-state index in [0.29, 0.717) is 6.42 Å². The molecule has 0 aliphatic heterocycles. The summed E-state index contributed by atoms with van der Waals surface area (Å²) in [5, 5.41) is 0. The van der Waals surface area contributed by atoms with E-state index in [0.717, 1.165) is 89.9 Å². The third kappa shape index (κ3) is 37.6. The summed E-state index contributed by atoms with van der Waals surface area (Å²) in [6.07, 6.45) is 43.0. The molecule has 0 aromatic heterocycles. The monoisotopic (exact) mass is 739 g/mol. The van der Waals surface area contributed by atoms with E-state index in [9.17, 15) is 19.0 Å². The predicted octanol–water partition coefficient (Wildman–Crippen LogP) is 12.6. The first-order valence-electron chi connectivity index (χ1n) is 20.4. The van der Waals surface area contributed by atoms with Crippen LogP contribution < -0.4 is 0 Å². The van der Waals surface area contributed by atoms with Crippen molar-refractivity contribution in [2.75, 3.05) is 19.8 Å². The fraction of sp³-hybridized carbons (Fsp3) is 0.762. The van der Waals surface area contributed by atoms with Crippen LogP contribution in [0.25, 0.3) is 0 Å². The number of esters is 2. The molecule has 9 heteroatoms. The number of carbonyl (C=O) groups is 2. The molecule has 0 spiro atoms. The standard InChI is InChI=1S/C42H75O8P/c1-4-7-9-11-13-15-17-19-20-21-22-23-24-25-27-29-31-33-35-37-42(44)50-40(39-49-51(45,46)48-6-3)38-47-41(43)36-34-32-30-28-26-18-16-14-12-10-8-5-2/h13-16,19-20,22-23,40H,4-12,17-18,21,24-39H2,1-3H3,(H,45,46)/b15-13-,16-14-,20-19-,23-22-. The van der Waals surface area contributed by atoms with Crippen molar-refractivity contribution >= 4 is 19.8 Å². The van der Waals surface area contributed by atoms with Gasteiger partial charge in [-0.15, -0.1) is 0 Å². The van der Waals surface area contributed by atoms with E-state index in [2.05, 4.69) is 62.5 Å². The fourth-order valence-corrected chi connectivity index (χ4v) is 6.09. The normalized spacial score (nSPS) is 13.9. The van der Waals surface area contributed by atoms with Gasteiger partial charge in [-0.25, -0.2) is 4.57 Å². The van der Waals surface area contributed by atoms with Crippen LogP contribution in [-0.2, 0) is 32.7 Å². The Labute approximate surface area is 312 Å². The van der Waals surface area contributed by atoms with Crippen LogP contribution in [0.2, 0.25) is 0 Å². The maximum absolute atomic E-state index is 12.5. The largest absolute Gasteiger partial charge is 0.472 e. The van der Waals surface area contributed by atoms with Gasteiger partial charge in [0.15, 0.2) is 6.10 Å². The zero-order valence-electron chi connectivity index (χ0n) is 32.7. The van der Waals surface area contributed by atoms with Crippen molar-refractivity contribution in [3.05, 3.63) is 48.6 Å². The lowest BCUT2D eigenvalue weighted by Gasteiger charge is -2.19. The quantitative estimate of drug-likeness (QED) is 0.0290. The molecule has 0 aliphatic carbocycles. The summed E-state index contributed by atoms with van der Waals surface area (Å²) in [5.74, 6) is -0.825. The number of carbonyl (C=O) groups excluding carboxylic acids is 2. The average Bonchev–Trinajstić information content (AvgIpc) is 3.10. The lowest BCUT2D eigenvalue weighted by molar-refractivity contribution is -0.161. The van der Waals surface area contributed by atoms with Crippen molar-refractivity contribution in [2.45, 2.75) is 187 Å². The minimum atomic E-state index is -4.28. The molecular formula is C42H75O8P. The third-order valence-electron chi connectivity index (χ3n) is 8.36. The minimum absolute atomic E-state index is 0.00512. The second kappa shape index (κ2) is 37.8. The van der Waals surface area contributed by atoms with E-state index in [1.165, 1.54) is 51.4 Å². The van der Waals surface area contributed by atoms with Crippen molar-refractivity contribution in [3.63, 3.8) is 0 Å². The first-order valence-corrected chi connectivity index (χ1v) is 21.9. The first kappa shape index (κ1) is 49.0. The number of phosphoric ester groups is 1. The van der Waals surface area contributed by atoms with E-state index in [1.807, 2.05) is 0 Å². The van der Waals surface area contributed by atoms with Gasteiger partial charge in [-0.1, -0.05) is 133 Å². The van der Waals surface area contributed by atoms with Crippen LogP contribution in [0.4, 0.5) is 0 Å². The van der Waals surface area contributed by atoms with Gasteiger partial charge < -0.3 is 14.4 Å². The van der Waals surface area contributed by atoms with Gasteiger partial charge in [-0.3, -0.25) is 18.6 Å². The Balaban J connectivity index is 4.15. The molecule has 0 aliphatic rings. The van der Waals surface area contributed by atoms with Gasteiger partial charge in [-0.2, -0.15) is 0 Å². The molecule has 0 saturated carbocycles. The second-order valence-corrected chi connectivity index (χ2v) is 14.7. The van der Waals surface area contributed by atoms with Gasteiger partial charge in [0.25, 0.3) is 0 Å². The van der Waals surface area contributed by atoms with Gasteiger partial charge in [0, 0.05) is 12.8 Å². The lowest BCUT2D eigenvalue weighted by atomic mass is 10.1. The van der Waals surface area contributed by atoms with Crippen molar-refractivity contribution < 1.29 is 37.6 Å². The molecule has 2 unspecified atom stereocenters. The van der Waals surface area contributed by atoms with E-state index in [1.54, 1.807) is 6.92 Å². The SMILES string of the molecule is CCCCC/C=C\C/C=C\C/C=C\CCCCCCCCC(=O)OC(COC(=O)CCCCCCC/C=C\CCCCC)COP(=O)(O)OCC. The summed E-state index contributed by atoms with van der Waals surface area (Å²) in [6.45, 7) is 5.38. The highest BCUT2D eigenvalue weighted by Gasteiger charge is 2.25. The van der Waals surface area contributed by atoms with Crippen molar-refractivity contribution in [2.24, 2.45) is 0 Å². The highest BCUT2D eigenvalue weighted by atomic mass is 31.2. The Bertz CT molecular complexity index is 974. The summed E-state index contributed by atoms with van der Waals surface area (Å²) in [4.78, 5) is 34.6. The molecule has 8 nitrogen and oxygen atoms in total. The van der Waals surface area contributed by atoms with Gasteiger partial charge in [0.2, 0.25) is 0 Å². The van der Waals surface area contributed by atoms with Gasteiger partial charge >= 0.3 is 19.8 Å². The highest BCUT2D eigenvalue weighted by molar-refractivity contribution is 7.47. The number of unbranched alkanes of at least 4 members (excludes halogenated alkanes) is 17. The number of hydrogen-bond donors (Lipinski definition) is 1. The van der Waals surface area contributed by atoms with E-state index in [4.69, 9.17) is 18.5 Å². The van der Waals surface area contributed by atoms with Crippen LogP contribution in [0.15, 0.2) is 48.6 Å². The van der Waals surface area contributed by atoms with Crippen molar-refractivity contribution in [3.8, 4) is 0 Å². The van der Waals surface area contributed by atoms with Crippen LogP contribution >= 0.6 is 7.82 Å². The topological polar surface area (TPSA) is 108 Å². The summed E-state index contributed by atoms with van der Waals surface area (Å²) in [5.41, 5.74) is 0. The average molecular weight is 739 g/mol. The first-order chi connectivity index (χ1) is 24.8. The highest BCUT2D eigenvalue weighted by Crippen LogP contribution is 2.43. The Morgan fingerprint density at radius 3 is 1.43 bits per heavy atom. The number of ether oxygens (including phenoxy) is 2. The maximum atomic E-state index is 12.5. The van der Waals surface area contributed by atoms with Crippen LogP contribution in [0, 0.1) is 0 Å². The van der Waals surface area contributed by atoms with Crippen LogP contribution in [-0.4, -0.2) is 42.8 Å². The molecular weight excluding hydrogens is 663 g/mol. The number of hydrogen-bond acceptors (Lipinski definition) is 7. The smallest absolute Gasteiger partial charge is 0.462 e. The van der Waals surface area contributed by atoms with Gasteiger partial charge in [0.05, 0.1) is 13.2 Å². The molecule has 0 radical (unpaired) electrons. The Morgan fingerprint density at radius 1 is 0.529 bits per heavy atom. The van der Waals surface area contributed by atoms with E-state index >= 15 is 0 Å². The van der Waals surface area contributed by atoms with E-state index in [-0.39, 0.29) is 32.0 Å². The van der Waals surface area contributed by atoms with Gasteiger partial charge in [-0.05, 0) is 84.0 Å². The zero-order chi connectivity index (χ0) is 37.5. The molecule has 296 valence electrons. The zero-order valence-corrected chi connectivity index (χ0v) is 33.6. The molecule has 0 fully saturated rings. The minimum Gasteiger partial charge on any atom is -0.462 e. The molecule has 51 heavy (non-hydrogen) atoms. The van der Waals surface area contributed by atoms with Crippen LogP contribution in [0.5, 0.6) is 0 Å². The molecule has 0 rings (SSSR count). The van der Waals surface area contributed by atoms with Crippen molar-refractivity contribution in [1.29, 1.82) is 0 Å². The van der Waals surface area contributed by atoms with Crippen molar-refractivity contribution in [1.82, 2.24) is 0 Å². The predicted molar refractivity (Wildman–Crippen MR) is 212 cm³/mol. The van der Waals surface area contributed by atoms with Crippen LogP contribution in [0.3, 0.4) is 0 Å². The van der Waals surface area contributed by atoms with E-state index < -0.39 is 26.5 Å². The molecule has 1 N–H and O–H groups in total. The van der Waals surface area contributed by atoms with Crippen LogP contribution in [0.1, 0.15) is 181 Å². The second-order valence-electron chi connectivity index (χ2n) is 13.3. The molecule has 0 amide bonds. The van der Waals surface area contributed by atoms with Gasteiger partial charge in [0.1, 0.15) is 6.61 Å². The molecule has 0 bridgehead atoms. The Hall–Kier alpha value is -1.99. The Kier molecular flexibility index (Phi) is 36.3. The summed E-state index contributed by atoms with van der Waals surface area (Å²) >= 11 is 0. The number of allylic oxidation sites excluding steroid dienone is 8. The number of phosphoric acid groups is 1. The Morgan fingerprint density at radius 2 is 0.941 bits per heavy atom. The molecule has 0 aromatic carbocycles. The summed E-state index contributed by atoms with van der Waals surface area (Å²) < 4.78 is 32.5. The molecule has 0 aromatic rings.